The van der Waals surface area contributed by atoms with Crippen LogP contribution in [0.3, 0.4) is 0 Å². The summed E-state index contributed by atoms with van der Waals surface area (Å²) >= 11 is 0. The zero-order valence-corrected chi connectivity index (χ0v) is 20.3. The number of fused-ring (bicyclic) bond motifs is 2. The van der Waals surface area contributed by atoms with Gasteiger partial charge in [0.2, 0.25) is 0 Å². The number of nitrogens with zero attached hydrogens (tertiary/aromatic N) is 5. The Morgan fingerprint density at radius 1 is 1.15 bits per heavy atom. The predicted octanol–water partition coefficient (Wildman–Crippen LogP) is 4.44. The molecule has 4 heterocycles. The molecule has 7 heteroatoms. The number of nitrogens with two attached hydrogens (primary N) is 1. The Kier molecular flexibility index (Phi) is 5.93. The van der Waals surface area contributed by atoms with Crippen LogP contribution in [0.15, 0.2) is 47.5 Å². The van der Waals surface area contributed by atoms with Gasteiger partial charge in [0.1, 0.15) is 11.3 Å². The van der Waals surface area contributed by atoms with Crippen LogP contribution < -0.4 is 11.3 Å². The molecule has 4 aromatic rings. The summed E-state index contributed by atoms with van der Waals surface area (Å²) in [4.78, 5) is 22.4. The van der Waals surface area contributed by atoms with Crippen molar-refractivity contribution in [3.05, 3.63) is 70.0 Å². The highest BCUT2D eigenvalue weighted by molar-refractivity contribution is 5.69. The van der Waals surface area contributed by atoms with Crippen molar-refractivity contribution < 1.29 is 0 Å². The molecule has 7 nitrogen and oxygen atoms in total. The molecule has 33 heavy (non-hydrogen) atoms. The van der Waals surface area contributed by atoms with Gasteiger partial charge in [-0.25, -0.2) is 9.50 Å². The van der Waals surface area contributed by atoms with Gasteiger partial charge in [0, 0.05) is 17.8 Å². The summed E-state index contributed by atoms with van der Waals surface area (Å²) in [7, 11) is 0. The highest BCUT2D eigenvalue weighted by Crippen LogP contribution is 2.26. The SMILES string of the molecule is CCc1nc(C)cn2nc(-c3cc(=O)n4cc(C(=CC(C)(C)N)CC(C)C)ccc4n3)cc12. The molecule has 0 aliphatic rings. The lowest BCUT2D eigenvalue weighted by Crippen LogP contribution is -2.29. The van der Waals surface area contributed by atoms with Gasteiger partial charge in [-0.3, -0.25) is 14.2 Å². The van der Waals surface area contributed by atoms with Gasteiger partial charge in [-0.2, -0.15) is 5.10 Å². The quantitative estimate of drug-likeness (QED) is 0.475. The van der Waals surface area contributed by atoms with Crippen LogP contribution in [0.1, 0.15) is 58.0 Å². The van der Waals surface area contributed by atoms with E-state index in [9.17, 15) is 4.79 Å². The number of pyridine rings is 1. The van der Waals surface area contributed by atoms with Gasteiger partial charge in [0.05, 0.1) is 28.8 Å². The van der Waals surface area contributed by atoms with E-state index in [2.05, 4.69) is 36.9 Å². The monoisotopic (exact) mass is 444 g/mol. The van der Waals surface area contributed by atoms with Gasteiger partial charge < -0.3 is 5.73 Å². The molecule has 0 saturated carbocycles. The molecule has 0 bridgehead atoms. The molecule has 0 aromatic carbocycles. The minimum Gasteiger partial charge on any atom is -0.322 e. The Morgan fingerprint density at radius 2 is 1.91 bits per heavy atom. The van der Waals surface area contributed by atoms with E-state index in [0.29, 0.717) is 23.0 Å². The molecule has 172 valence electrons. The lowest BCUT2D eigenvalue weighted by Gasteiger charge is -2.19. The van der Waals surface area contributed by atoms with Crippen LogP contribution in [-0.4, -0.2) is 29.5 Å². The number of aromatic nitrogens is 5. The van der Waals surface area contributed by atoms with Crippen LogP contribution in [0.2, 0.25) is 0 Å². The van der Waals surface area contributed by atoms with E-state index in [4.69, 9.17) is 10.7 Å². The second-order valence-electron chi connectivity index (χ2n) is 9.76. The third-order valence-electron chi connectivity index (χ3n) is 5.45. The number of allylic oxidation sites excluding steroid dienone is 1. The fourth-order valence-electron chi connectivity index (χ4n) is 4.14. The number of rotatable bonds is 6. The largest absolute Gasteiger partial charge is 0.322 e. The summed E-state index contributed by atoms with van der Waals surface area (Å²) in [6, 6.07) is 7.39. The summed E-state index contributed by atoms with van der Waals surface area (Å²) in [5, 5.41) is 4.66. The molecule has 0 aliphatic heterocycles. The number of hydrogen-bond acceptors (Lipinski definition) is 5. The van der Waals surface area contributed by atoms with Crippen molar-refractivity contribution in [1.29, 1.82) is 0 Å². The summed E-state index contributed by atoms with van der Waals surface area (Å²) in [5.74, 6) is 0.465. The van der Waals surface area contributed by atoms with E-state index in [-0.39, 0.29) is 5.56 Å². The van der Waals surface area contributed by atoms with Crippen molar-refractivity contribution in [1.82, 2.24) is 24.0 Å². The molecule has 0 amide bonds. The Labute approximate surface area is 194 Å². The number of hydrogen-bond donors (Lipinski definition) is 1. The fourth-order valence-corrected chi connectivity index (χ4v) is 4.14. The zero-order chi connectivity index (χ0) is 23.9. The van der Waals surface area contributed by atoms with Crippen molar-refractivity contribution in [3.8, 4) is 11.4 Å². The van der Waals surface area contributed by atoms with Crippen molar-refractivity contribution in [2.45, 2.75) is 59.9 Å². The van der Waals surface area contributed by atoms with Crippen LogP contribution in [0.4, 0.5) is 0 Å². The second-order valence-corrected chi connectivity index (χ2v) is 9.76. The van der Waals surface area contributed by atoms with Gasteiger partial charge >= 0.3 is 0 Å². The first kappa shape index (κ1) is 22.9. The first-order valence-corrected chi connectivity index (χ1v) is 11.4. The molecule has 0 unspecified atom stereocenters. The maximum absolute atomic E-state index is 13.1. The molecule has 0 spiro atoms. The third kappa shape index (κ3) is 4.88. The molecule has 0 saturated heterocycles. The summed E-state index contributed by atoms with van der Waals surface area (Å²) in [6.07, 6.45) is 7.51. The van der Waals surface area contributed by atoms with E-state index in [1.54, 1.807) is 10.5 Å². The molecule has 0 atom stereocenters. The van der Waals surface area contributed by atoms with E-state index >= 15 is 0 Å². The lowest BCUT2D eigenvalue weighted by atomic mass is 9.92. The Morgan fingerprint density at radius 3 is 2.58 bits per heavy atom. The van der Waals surface area contributed by atoms with Crippen LogP contribution in [0.5, 0.6) is 0 Å². The highest BCUT2D eigenvalue weighted by Gasteiger charge is 2.15. The fraction of sp³-hybridized carbons (Fsp3) is 0.385. The molecule has 4 rings (SSSR count). The molecule has 0 aliphatic carbocycles. The van der Waals surface area contributed by atoms with Crippen LogP contribution in [0.25, 0.3) is 28.1 Å². The van der Waals surface area contributed by atoms with Crippen molar-refractivity contribution in [2.75, 3.05) is 0 Å². The van der Waals surface area contributed by atoms with Crippen molar-refractivity contribution >= 4 is 16.7 Å². The lowest BCUT2D eigenvalue weighted by molar-refractivity contribution is 0.638. The van der Waals surface area contributed by atoms with E-state index in [0.717, 1.165) is 40.9 Å². The standard InChI is InChI=1S/C26H32N6O/c1-7-20-23-11-22(30-32(23)14-17(4)28-20)21-12-25(33)31-15-18(8-9-24(31)29-21)19(10-16(2)3)13-26(5,6)27/h8-9,11-16H,7,10,27H2,1-6H3. The molecular weight excluding hydrogens is 412 g/mol. The Bertz CT molecular complexity index is 1420. The number of aryl methyl sites for hydroxylation is 2. The minimum absolute atomic E-state index is 0.144. The van der Waals surface area contributed by atoms with E-state index < -0.39 is 5.54 Å². The van der Waals surface area contributed by atoms with Crippen LogP contribution in [0, 0.1) is 12.8 Å². The smallest absolute Gasteiger partial charge is 0.258 e. The second kappa shape index (κ2) is 8.56. The van der Waals surface area contributed by atoms with Crippen LogP contribution in [-0.2, 0) is 6.42 Å². The average molecular weight is 445 g/mol. The first-order chi connectivity index (χ1) is 15.5. The van der Waals surface area contributed by atoms with Gasteiger partial charge in [0.15, 0.2) is 0 Å². The van der Waals surface area contributed by atoms with E-state index in [1.165, 1.54) is 0 Å². The maximum Gasteiger partial charge on any atom is 0.258 e. The Balaban J connectivity index is 1.81. The molecule has 0 radical (unpaired) electrons. The van der Waals surface area contributed by atoms with Gasteiger partial charge in [-0.15, -0.1) is 0 Å². The molecular formula is C26H32N6O. The Hall–Kier alpha value is -3.32. The predicted molar refractivity (Wildman–Crippen MR) is 133 cm³/mol. The van der Waals surface area contributed by atoms with Gasteiger partial charge in [0.25, 0.3) is 5.56 Å². The minimum atomic E-state index is -0.445. The molecule has 0 fully saturated rings. The average Bonchev–Trinajstić information content (AvgIpc) is 3.15. The normalized spacial score (nSPS) is 12.9. The zero-order valence-electron chi connectivity index (χ0n) is 20.3. The van der Waals surface area contributed by atoms with Gasteiger partial charge in [-0.1, -0.05) is 26.8 Å². The summed E-state index contributed by atoms with van der Waals surface area (Å²) in [6.45, 7) is 12.3. The van der Waals surface area contributed by atoms with Crippen molar-refractivity contribution in [2.24, 2.45) is 11.7 Å². The third-order valence-corrected chi connectivity index (χ3v) is 5.45. The topological polar surface area (TPSA) is 90.6 Å². The van der Waals surface area contributed by atoms with Crippen LogP contribution >= 0.6 is 0 Å². The van der Waals surface area contributed by atoms with Gasteiger partial charge in [-0.05, 0) is 68.9 Å². The van der Waals surface area contributed by atoms with E-state index in [1.807, 2.05) is 55.9 Å². The molecule has 2 N–H and O–H groups in total. The summed E-state index contributed by atoms with van der Waals surface area (Å²) < 4.78 is 3.41. The van der Waals surface area contributed by atoms with Crippen molar-refractivity contribution in [3.63, 3.8) is 0 Å². The molecule has 4 aromatic heterocycles. The first-order valence-electron chi connectivity index (χ1n) is 11.4. The maximum atomic E-state index is 13.1. The summed E-state index contributed by atoms with van der Waals surface area (Å²) in [5.41, 5.74) is 12.4. The highest BCUT2D eigenvalue weighted by atomic mass is 16.1.